The van der Waals surface area contributed by atoms with Crippen LogP contribution in [0.5, 0.6) is 0 Å². The standard InChI is InChI=1S/C9H17NO4S/c11-9(12)5-6-15(13,14)10-7-8-3-1-2-4-8/h8,10H,1-7H2,(H,11,12). The number of carboxylic acids is 1. The van der Waals surface area contributed by atoms with Crippen molar-refractivity contribution in [3.63, 3.8) is 0 Å². The van der Waals surface area contributed by atoms with Gasteiger partial charge in [0.05, 0.1) is 12.2 Å². The number of nitrogens with one attached hydrogen (secondary N) is 1. The second-order valence-corrected chi connectivity index (χ2v) is 5.89. The van der Waals surface area contributed by atoms with Crippen LogP contribution in [0, 0.1) is 5.92 Å². The molecule has 0 aromatic rings. The lowest BCUT2D eigenvalue weighted by atomic mass is 10.1. The molecule has 0 aliphatic heterocycles. The molecule has 0 heterocycles. The third-order valence-electron chi connectivity index (χ3n) is 2.65. The topological polar surface area (TPSA) is 83.5 Å². The summed E-state index contributed by atoms with van der Waals surface area (Å²) in [5.74, 6) is -0.972. The zero-order valence-corrected chi connectivity index (χ0v) is 9.42. The van der Waals surface area contributed by atoms with Gasteiger partial charge in [-0.05, 0) is 18.8 Å². The van der Waals surface area contributed by atoms with Crippen molar-refractivity contribution in [2.45, 2.75) is 32.1 Å². The van der Waals surface area contributed by atoms with Gasteiger partial charge < -0.3 is 5.11 Å². The van der Waals surface area contributed by atoms with E-state index in [4.69, 9.17) is 5.11 Å². The second-order valence-electron chi connectivity index (χ2n) is 3.96. The molecule has 1 aliphatic rings. The molecule has 0 spiro atoms. The third-order valence-corrected chi connectivity index (χ3v) is 4.00. The van der Waals surface area contributed by atoms with Crippen LogP contribution in [0.4, 0.5) is 0 Å². The van der Waals surface area contributed by atoms with Crippen molar-refractivity contribution < 1.29 is 18.3 Å². The molecular weight excluding hydrogens is 218 g/mol. The Bertz CT molecular complexity index is 306. The highest BCUT2D eigenvalue weighted by molar-refractivity contribution is 7.89. The average molecular weight is 235 g/mol. The quantitative estimate of drug-likeness (QED) is 0.705. The molecule has 0 amide bonds. The monoisotopic (exact) mass is 235 g/mol. The molecule has 0 radical (unpaired) electrons. The molecule has 0 aromatic carbocycles. The van der Waals surface area contributed by atoms with Gasteiger partial charge in [-0.3, -0.25) is 4.79 Å². The van der Waals surface area contributed by atoms with Crippen molar-refractivity contribution >= 4 is 16.0 Å². The molecule has 1 rings (SSSR count). The fraction of sp³-hybridized carbons (Fsp3) is 0.889. The van der Waals surface area contributed by atoms with Gasteiger partial charge in [-0.15, -0.1) is 0 Å². The van der Waals surface area contributed by atoms with Gasteiger partial charge >= 0.3 is 5.97 Å². The van der Waals surface area contributed by atoms with Crippen molar-refractivity contribution in [1.82, 2.24) is 4.72 Å². The van der Waals surface area contributed by atoms with Crippen molar-refractivity contribution in [1.29, 1.82) is 0 Å². The number of sulfonamides is 1. The second kappa shape index (κ2) is 5.46. The van der Waals surface area contributed by atoms with Crippen LogP contribution in [0.2, 0.25) is 0 Å². The maximum atomic E-state index is 11.3. The van der Waals surface area contributed by atoms with E-state index < -0.39 is 16.0 Å². The molecule has 15 heavy (non-hydrogen) atoms. The van der Waals surface area contributed by atoms with Gasteiger partial charge in [0.25, 0.3) is 0 Å². The first-order valence-electron chi connectivity index (χ1n) is 5.19. The first-order chi connectivity index (χ1) is 6.99. The molecule has 0 bridgehead atoms. The maximum Gasteiger partial charge on any atom is 0.304 e. The average Bonchev–Trinajstić information content (AvgIpc) is 2.65. The Hall–Kier alpha value is -0.620. The molecule has 0 saturated heterocycles. The van der Waals surface area contributed by atoms with Crippen LogP contribution in [0.1, 0.15) is 32.1 Å². The lowest BCUT2D eigenvalue weighted by Gasteiger charge is -2.10. The Kier molecular flexibility index (Phi) is 4.53. The number of carboxylic acid groups (broad SMARTS) is 1. The van der Waals surface area contributed by atoms with E-state index in [1.165, 1.54) is 12.8 Å². The summed E-state index contributed by atoms with van der Waals surface area (Å²) in [6, 6.07) is 0. The first-order valence-corrected chi connectivity index (χ1v) is 6.84. The summed E-state index contributed by atoms with van der Waals surface area (Å²) in [4.78, 5) is 10.2. The molecule has 0 atom stereocenters. The van der Waals surface area contributed by atoms with Gasteiger partial charge in [-0.2, -0.15) is 0 Å². The molecule has 6 heteroatoms. The fourth-order valence-corrected chi connectivity index (χ4v) is 2.83. The molecule has 1 fully saturated rings. The summed E-state index contributed by atoms with van der Waals surface area (Å²) < 4.78 is 25.1. The van der Waals surface area contributed by atoms with E-state index in [0.29, 0.717) is 12.5 Å². The van der Waals surface area contributed by atoms with Crippen LogP contribution in [-0.4, -0.2) is 31.8 Å². The van der Waals surface area contributed by atoms with E-state index in [0.717, 1.165) is 12.8 Å². The van der Waals surface area contributed by atoms with Gasteiger partial charge in [-0.25, -0.2) is 13.1 Å². The minimum Gasteiger partial charge on any atom is -0.481 e. The van der Waals surface area contributed by atoms with Crippen LogP contribution < -0.4 is 4.72 Å². The molecule has 88 valence electrons. The highest BCUT2D eigenvalue weighted by atomic mass is 32.2. The van der Waals surface area contributed by atoms with Crippen molar-refractivity contribution in [2.24, 2.45) is 5.92 Å². The Morgan fingerprint density at radius 1 is 1.33 bits per heavy atom. The van der Waals surface area contributed by atoms with Crippen LogP contribution in [0.3, 0.4) is 0 Å². The van der Waals surface area contributed by atoms with Crippen LogP contribution >= 0.6 is 0 Å². The van der Waals surface area contributed by atoms with E-state index >= 15 is 0 Å². The number of hydrogen-bond donors (Lipinski definition) is 2. The van der Waals surface area contributed by atoms with Crippen molar-refractivity contribution in [3.05, 3.63) is 0 Å². The lowest BCUT2D eigenvalue weighted by Crippen LogP contribution is -2.31. The Morgan fingerprint density at radius 2 is 1.93 bits per heavy atom. The SMILES string of the molecule is O=C(O)CCS(=O)(=O)NCC1CCCC1. The summed E-state index contributed by atoms with van der Waals surface area (Å²) in [7, 11) is -3.39. The Morgan fingerprint density at radius 3 is 2.47 bits per heavy atom. The van der Waals surface area contributed by atoms with Gasteiger partial charge in [0, 0.05) is 6.54 Å². The highest BCUT2D eigenvalue weighted by Crippen LogP contribution is 2.23. The number of aliphatic carboxylic acids is 1. The Labute approximate surface area is 89.9 Å². The molecule has 1 saturated carbocycles. The van der Waals surface area contributed by atoms with E-state index in [-0.39, 0.29) is 12.2 Å². The van der Waals surface area contributed by atoms with Crippen LogP contribution in [0.25, 0.3) is 0 Å². The number of carbonyl (C=O) groups is 1. The minimum absolute atomic E-state index is 0.324. The van der Waals surface area contributed by atoms with E-state index in [1.807, 2.05) is 0 Å². The summed E-state index contributed by atoms with van der Waals surface area (Å²) in [5.41, 5.74) is 0. The molecule has 5 nitrogen and oxygen atoms in total. The molecule has 2 N–H and O–H groups in total. The highest BCUT2D eigenvalue weighted by Gasteiger charge is 2.18. The predicted octanol–water partition coefficient (Wildman–Crippen LogP) is 0.571. The number of rotatable bonds is 6. The van der Waals surface area contributed by atoms with E-state index in [1.54, 1.807) is 0 Å². The summed E-state index contributed by atoms with van der Waals surface area (Å²) in [6.45, 7) is 0.460. The predicted molar refractivity (Wildman–Crippen MR) is 56.0 cm³/mol. The Balaban J connectivity index is 2.26. The van der Waals surface area contributed by atoms with E-state index in [2.05, 4.69) is 4.72 Å². The maximum absolute atomic E-state index is 11.3. The number of hydrogen-bond acceptors (Lipinski definition) is 3. The lowest BCUT2D eigenvalue weighted by molar-refractivity contribution is -0.136. The third kappa shape index (κ3) is 5.13. The van der Waals surface area contributed by atoms with Gasteiger partial charge in [0.15, 0.2) is 0 Å². The zero-order valence-electron chi connectivity index (χ0n) is 8.61. The van der Waals surface area contributed by atoms with Crippen molar-refractivity contribution in [2.75, 3.05) is 12.3 Å². The summed E-state index contributed by atoms with van der Waals surface area (Å²) in [6.07, 6.45) is 4.14. The van der Waals surface area contributed by atoms with Crippen molar-refractivity contribution in [3.8, 4) is 0 Å². The van der Waals surface area contributed by atoms with Crippen LogP contribution in [-0.2, 0) is 14.8 Å². The fourth-order valence-electron chi connectivity index (χ4n) is 1.75. The minimum atomic E-state index is -3.39. The zero-order chi connectivity index (χ0) is 11.3. The normalized spacial score (nSPS) is 18.1. The molecule has 0 unspecified atom stereocenters. The van der Waals surface area contributed by atoms with Gasteiger partial charge in [-0.1, -0.05) is 12.8 Å². The summed E-state index contributed by atoms with van der Waals surface area (Å²) in [5, 5.41) is 8.36. The molecule has 1 aliphatic carbocycles. The van der Waals surface area contributed by atoms with Gasteiger partial charge in [0.2, 0.25) is 10.0 Å². The van der Waals surface area contributed by atoms with E-state index in [9.17, 15) is 13.2 Å². The van der Waals surface area contributed by atoms with Crippen LogP contribution in [0.15, 0.2) is 0 Å². The van der Waals surface area contributed by atoms with Gasteiger partial charge in [0.1, 0.15) is 0 Å². The smallest absolute Gasteiger partial charge is 0.304 e. The molecular formula is C9H17NO4S. The molecule has 0 aromatic heterocycles. The largest absolute Gasteiger partial charge is 0.481 e. The first kappa shape index (κ1) is 12.4. The summed E-state index contributed by atoms with van der Waals surface area (Å²) >= 11 is 0.